The number of aromatic hydroxyl groups is 2. The highest BCUT2D eigenvalue weighted by Crippen LogP contribution is 2.39. The summed E-state index contributed by atoms with van der Waals surface area (Å²) in [5.41, 5.74) is 6.55. The monoisotopic (exact) mass is 308 g/mol. The second-order valence-electron chi connectivity index (χ2n) is 6.30. The number of fused-ring (bicyclic) bond motifs is 1. The number of unbranched alkanes of at least 4 members (excludes halogenated alkanes) is 1. The average Bonchev–Trinajstić information content (AvgIpc) is 2.72. The molecule has 23 heavy (non-hydrogen) atoms. The van der Waals surface area contributed by atoms with Crippen LogP contribution in [0.2, 0.25) is 0 Å². The van der Waals surface area contributed by atoms with Gasteiger partial charge in [0.25, 0.3) is 0 Å². The largest absolute Gasteiger partial charge is 0.508 e. The predicted octanol–water partition coefficient (Wildman–Crippen LogP) is 5.54. The van der Waals surface area contributed by atoms with Crippen molar-refractivity contribution in [2.24, 2.45) is 0 Å². The van der Waals surface area contributed by atoms with Crippen molar-refractivity contribution in [1.82, 2.24) is 0 Å². The van der Waals surface area contributed by atoms with Crippen molar-refractivity contribution < 1.29 is 10.2 Å². The van der Waals surface area contributed by atoms with Crippen molar-refractivity contribution in [2.75, 3.05) is 0 Å². The fourth-order valence-corrected chi connectivity index (χ4v) is 3.47. The van der Waals surface area contributed by atoms with Crippen molar-refractivity contribution >= 4 is 11.1 Å². The summed E-state index contributed by atoms with van der Waals surface area (Å²) in [4.78, 5) is 0. The van der Waals surface area contributed by atoms with E-state index in [4.69, 9.17) is 0 Å². The number of aryl methyl sites for hydroxylation is 1. The van der Waals surface area contributed by atoms with Crippen LogP contribution < -0.4 is 0 Å². The molecule has 2 heteroatoms. The smallest absolute Gasteiger partial charge is 0.115 e. The molecular weight excluding hydrogens is 284 g/mol. The molecule has 0 aliphatic heterocycles. The summed E-state index contributed by atoms with van der Waals surface area (Å²) >= 11 is 0. The lowest BCUT2D eigenvalue weighted by Gasteiger charge is -2.16. The zero-order valence-corrected chi connectivity index (χ0v) is 13.7. The number of phenolic OH excluding ortho intramolecular Hbond substituents is 2. The Labute approximate surface area is 138 Å². The van der Waals surface area contributed by atoms with Crippen LogP contribution in [0.25, 0.3) is 11.1 Å². The molecule has 0 aromatic heterocycles. The van der Waals surface area contributed by atoms with Gasteiger partial charge in [-0.05, 0) is 84.2 Å². The van der Waals surface area contributed by atoms with E-state index in [9.17, 15) is 10.2 Å². The Kier molecular flexibility index (Phi) is 4.71. The summed E-state index contributed by atoms with van der Waals surface area (Å²) in [7, 11) is 0. The Morgan fingerprint density at radius 2 is 1.65 bits per heavy atom. The maximum atomic E-state index is 9.81. The van der Waals surface area contributed by atoms with Crippen LogP contribution in [0.3, 0.4) is 0 Å². The molecule has 1 aliphatic rings. The number of benzene rings is 2. The van der Waals surface area contributed by atoms with Gasteiger partial charge in [-0.25, -0.2) is 0 Å². The maximum absolute atomic E-state index is 9.81. The molecule has 0 fully saturated rings. The number of rotatable bonds is 4. The van der Waals surface area contributed by atoms with E-state index in [1.165, 1.54) is 34.3 Å². The zero-order valence-electron chi connectivity index (χ0n) is 13.7. The van der Waals surface area contributed by atoms with Crippen LogP contribution in [-0.4, -0.2) is 10.2 Å². The molecule has 0 amide bonds. The fourth-order valence-electron chi connectivity index (χ4n) is 3.47. The molecule has 120 valence electrons. The first-order valence-corrected chi connectivity index (χ1v) is 8.52. The van der Waals surface area contributed by atoms with E-state index in [-0.39, 0.29) is 0 Å². The Bertz CT molecular complexity index is 711. The summed E-state index contributed by atoms with van der Waals surface area (Å²) in [6.07, 6.45) is 6.52. The first kappa shape index (κ1) is 15.7. The molecule has 0 radical (unpaired) electrons. The van der Waals surface area contributed by atoms with Crippen LogP contribution >= 0.6 is 0 Å². The third-order valence-corrected chi connectivity index (χ3v) is 4.65. The molecule has 3 rings (SSSR count). The number of hydrogen-bond acceptors (Lipinski definition) is 2. The van der Waals surface area contributed by atoms with Crippen molar-refractivity contribution in [2.45, 2.75) is 45.4 Å². The van der Waals surface area contributed by atoms with Gasteiger partial charge in [-0.15, -0.1) is 0 Å². The SMILES string of the molecule is CCCCC1=C(c2ccc(O)cc2)CCCc2cc(O)ccc21. The topological polar surface area (TPSA) is 40.5 Å². The predicted molar refractivity (Wildman–Crippen MR) is 95.5 cm³/mol. The van der Waals surface area contributed by atoms with Gasteiger partial charge in [0.2, 0.25) is 0 Å². The normalized spacial score (nSPS) is 14.5. The van der Waals surface area contributed by atoms with E-state index in [0.29, 0.717) is 11.5 Å². The molecule has 0 saturated heterocycles. The van der Waals surface area contributed by atoms with E-state index >= 15 is 0 Å². The minimum Gasteiger partial charge on any atom is -0.508 e. The molecule has 2 aromatic rings. The zero-order chi connectivity index (χ0) is 16.2. The quantitative estimate of drug-likeness (QED) is 0.779. The lowest BCUT2D eigenvalue weighted by molar-refractivity contribution is 0.474. The Balaban J connectivity index is 2.13. The second kappa shape index (κ2) is 6.91. The molecule has 1 aliphatic carbocycles. The van der Waals surface area contributed by atoms with Crippen molar-refractivity contribution in [1.29, 1.82) is 0 Å². The van der Waals surface area contributed by atoms with Gasteiger partial charge < -0.3 is 10.2 Å². The number of phenols is 2. The molecule has 2 nitrogen and oxygen atoms in total. The molecular formula is C21H24O2. The van der Waals surface area contributed by atoms with Gasteiger partial charge >= 0.3 is 0 Å². The summed E-state index contributed by atoms with van der Waals surface area (Å²) in [5.74, 6) is 0.662. The van der Waals surface area contributed by atoms with E-state index in [0.717, 1.165) is 32.1 Å². The third kappa shape index (κ3) is 3.42. The van der Waals surface area contributed by atoms with Crippen LogP contribution in [0.5, 0.6) is 11.5 Å². The van der Waals surface area contributed by atoms with Crippen molar-refractivity contribution in [3.05, 3.63) is 59.2 Å². The second-order valence-corrected chi connectivity index (χ2v) is 6.30. The molecule has 0 atom stereocenters. The van der Waals surface area contributed by atoms with Crippen molar-refractivity contribution in [3.8, 4) is 11.5 Å². The standard InChI is InChI=1S/C21H24O2/c1-2-3-6-21-19(15-8-10-17(22)11-9-15)7-4-5-16-14-18(23)12-13-20(16)21/h8-14,22-23H,2-7H2,1H3. The van der Waals surface area contributed by atoms with Gasteiger partial charge in [0.1, 0.15) is 11.5 Å². The van der Waals surface area contributed by atoms with Gasteiger partial charge in [0.05, 0.1) is 0 Å². The van der Waals surface area contributed by atoms with Gasteiger partial charge in [0, 0.05) is 0 Å². The van der Waals surface area contributed by atoms with E-state index in [1.807, 2.05) is 18.2 Å². The van der Waals surface area contributed by atoms with E-state index < -0.39 is 0 Å². The first-order chi connectivity index (χ1) is 11.2. The minimum atomic E-state index is 0.309. The highest BCUT2D eigenvalue weighted by molar-refractivity contribution is 5.92. The Morgan fingerprint density at radius 3 is 2.39 bits per heavy atom. The Morgan fingerprint density at radius 1 is 0.913 bits per heavy atom. The van der Waals surface area contributed by atoms with Crippen LogP contribution in [0.15, 0.2) is 42.5 Å². The Hall–Kier alpha value is -2.22. The summed E-state index contributed by atoms with van der Waals surface area (Å²) < 4.78 is 0. The van der Waals surface area contributed by atoms with Crippen LogP contribution in [0, 0.1) is 0 Å². The van der Waals surface area contributed by atoms with Gasteiger partial charge in [-0.1, -0.05) is 31.5 Å². The number of allylic oxidation sites excluding steroid dienone is 2. The molecule has 2 aromatic carbocycles. The molecule has 2 N–H and O–H groups in total. The van der Waals surface area contributed by atoms with Crippen LogP contribution in [0.4, 0.5) is 0 Å². The van der Waals surface area contributed by atoms with Crippen LogP contribution in [-0.2, 0) is 6.42 Å². The first-order valence-electron chi connectivity index (χ1n) is 8.52. The van der Waals surface area contributed by atoms with Crippen LogP contribution in [0.1, 0.15) is 55.7 Å². The van der Waals surface area contributed by atoms with Crippen molar-refractivity contribution in [3.63, 3.8) is 0 Å². The highest BCUT2D eigenvalue weighted by Gasteiger charge is 2.18. The van der Waals surface area contributed by atoms with Gasteiger partial charge in [-0.2, -0.15) is 0 Å². The summed E-state index contributed by atoms with van der Waals surface area (Å²) in [6.45, 7) is 2.22. The summed E-state index contributed by atoms with van der Waals surface area (Å²) in [6, 6.07) is 13.3. The molecule has 0 unspecified atom stereocenters. The summed E-state index contributed by atoms with van der Waals surface area (Å²) in [5, 5.41) is 19.4. The minimum absolute atomic E-state index is 0.309. The number of hydrogen-bond donors (Lipinski definition) is 2. The lowest BCUT2D eigenvalue weighted by atomic mass is 9.89. The highest BCUT2D eigenvalue weighted by atomic mass is 16.3. The average molecular weight is 308 g/mol. The van der Waals surface area contributed by atoms with Gasteiger partial charge in [-0.3, -0.25) is 0 Å². The molecule has 0 saturated carbocycles. The molecule has 0 bridgehead atoms. The third-order valence-electron chi connectivity index (χ3n) is 4.65. The maximum Gasteiger partial charge on any atom is 0.115 e. The molecule has 0 spiro atoms. The fraction of sp³-hybridized carbons (Fsp3) is 0.333. The van der Waals surface area contributed by atoms with E-state index in [2.05, 4.69) is 13.0 Å². The van der Waals surface area contributed by atoms with Gasteiger partial charge in [0.15, 0.2) is 0 Å². The molecule has 0 heterocycles. The van der Waals surface area contributed by atoms with E-state index in [1.54, 1.807) is 18.2 Å². The lowest BCUT2D eigenvalue weighted by Crippen LogP contribution is -1.94.